The zero-order chi connectivity index (χ0) is 23.1. The predicted molar refractivity (Wildman–Crippen MR) is 127 cm³/mol. The molecule has 0 unspecified atom stereocenters. The number of carbonyl (C=O) groups is 2. The van der Waals surface area contributed by atoms with E-state index in [1.807, 2.05) is 74.5 Å². The fourth-order valence-corrected chi connectivity index (χ4v) is 3.25. The number of esters is 2. The summed E-state index contributed by atoms with van der Waals surface area (Å²) in [4.78, 5) is 24.2. The van der Waals surface area contributed by atoms with Crippen molar-refractivity contribution in [3.05, 3.63) is 82.9 Å². The summed E-state index contributed by atoms with van der Waals surface area (Å²) in [5, 5.41) is 6.74. The molecule has 3 aromatic carbocycles. The van der Waals surface area contributed by atoms with Crippen LogP contribution < -0.4 is 10.6 Å². The minimum absolute atomic E-state index is 0.0891. The van der Waals surface area contributed by atoms with E-state index in [0.29, 0.717) is 0 Å². The van der Waals surface area contributed by atoms with Gasteiger partial charge in [-0.1, -0.05) is 35.4 Å². The highest BCUT2D eigenvalue weighted by Crippen LogP contribution is 2.31. The van der Waals surface area contributed by atoms with Crippen molar-refractivity contribution in [1.82, 2.24) is 0 Å². The van der Waals surface area contributed by atoms with Crippen LogP contribution in [0.1, 0.15) is 22.3 Å². The van der Waals surface area contributed by atoms with Gasteiger partial charge in [0, 0.05) is 22.7 Å². The summed E-state index contributed by atoms with van der Waals surface area (Å²) < 4.78 is 9.79. The molecule has 6 nitrogen and oxygen atoms in total. The fourth-order valence-electron chi connectivity index (χ4n) is 3.25. The highest BCUT2D eigenvalue weighted by molar-refractivity contribution is 5.82. The molecule has 6 heteroatoms. The number of benzene rings is 3. The van der Waals surface area contributed by atoms with Crippen molar-refractivity contribution in [3.63, 3.8) is 0 Å². The first kappa shape index (κ1) is 22.9. The summed E-state index contributed by atoms with van der Waals surface area (Å²) in [5.41, 5.74) is 7.01. The second-order valence-corrected chi connectivity index (χ2v) is 7.65. The maximum Gasteiger partial charge on any atom is 0.310 e. The van der Waals surface area contributed by atoms with Gasteiger partial charge in [0.1, 0.15) is 0 Å². The molecule has 0 heterocycles. The van der Waals surface area contributed by atoms with Gasteiger partial charge >= 0.3 is 11.9 Å². The number of nitrogens with one attached hydrogen (secondary N) is 2. The predicted octanol–water partition coefficient (Wildman–Crippen LogP) is 5.22. The van der Waals surface area contributed by atoms with Gasteiger partial charge in [0.2, 0.25) is 0 Å². The zero-order valence-corrected chi connectivity index (χ0v) is 18.8. The third kappa shape index (κ3) is 6.11. The normalized spacial score (nSPS) is 10.4. The average Bonchev–Trinajstić information content (AvgIpc) is 2.79. The molecule has 3 rings (SSSR count). The number of ether oxygens (including phenoxy) is 2. The molecule has 0 fully saturated rings. The highest BCUT2D eigenvalue weighted by atomic mass is 16.5. The minimum atomic E-state index is -0.348. The smallest absolute Gasteiger partial charge is 0.310 e. The van der Waals surface area contributed by atoms with E-state index in [-0.39, 0.29) is 24.8 Å². The summed E-state index contributed by atoms with van der Waals surface area (Å²) >= 11 is 0. The quantitative estimate of drug-likeness (QED) is 0.475. The van der Waals surface area contributed by atoms with Crippen molar-refractivity contribution < 1.29 is 19.1 Å². The number of aryl methyl sites for hydroxylation is 2. The molecule has 3 aromatic rings. The number of carbonyl (C=O) groups excluding carboxylic acids is 2. The Bertz CT molecular complexity index is 1000. The summed E-state index contributed by atoms with van der Waals surface area (Å²) in [5.74, 6) is -0.696. The Morgan fingerprint density at radius 2 is 1.00 bits per heavy atom. The molecule has 0 aromatic heterocycles. The largest absolute Gasteiger partial charge is 0.469 e. The molecule has 0 amide bonds. The standard InChI is InChI=1S/C26H28N2O4/c1-17-5-9-21(10-6-17)27-23-13-20(16-26(30)32-4)24(14-19(23)15-25(29)31-3)28-22-11-7-18(2)8-12-22/h5-14,27-28H,15-16H2,1-4H3. The molecule has 32 heavy (non-hydrogen) atoms. The van der Waals surface area contributed by atoms with Crippen LogP contribution in [-0.4, -0.2) is 26.2 Å². The molecule has 0 aliphatic rings. The van der Waals surface area contributed by atoms with E-state index in [0.717, 1.165) is 45.0 Å². The van der Waals surface area contributed by atoms with Crippen molar-refractivity contribution in [2.24, 2.45) is 0 Å². The molecule has 166 valence electrons. The molecule has 0 aliphatic carbocycles. The van der Waals surface area contributed by atoms with Crippen LogP contribution >= 0.6 is 0 Å². The van der Waals surface area contributed by atoms with Gasteiger partial charge in [-0.2, -0.15) is 0 Å². The van der Waals surface area contributed by atoms with Crippen molar-refractivity contribution in [1.29, 1.82) is 0 Å². The lowest BCUT2D eigenvalue weighted by atomic mass is 10.0. The first-order chi connectivity index (χ1) is 15.4. The van der Waals surface area contributed by atoms with Crippen molar-refractivity contribution >= 4 is 34.7 Å². The fraction of sp³-hybridized carbons (Fsp3) is 0.231. The summed E-state index contributed by atoms with van der Waals surface area (Å²) in [7, 11) is 2.74. The summed E-state index contributed by atoms with van der Waals surface area (Å²) in [6, 6.07) is 19.7. The van der Waals surface area contributed by atoms with Crippen LogP contribution in [0.3, 0.4) is 0 Å². The summed E-state index contributed by atoms with van der Waals surface area (Å²) in [6.07, 6.45) is 0.178. The number of anilines is 4. The Balaban J connectivity index is 2.05. The van der Waals surface area contributed by atoms with Gasteiger partial charge in [0.05, 0.1) is 27.1 Å². The number of hydrogen-bond acceptors (Lipinski definition) is 6. The van der Waals surface area contributed by atoms with E-state index in [1.54, 1.807) is 0 Å². The Morgan fingerprint density at radius 1 is 0.656 bits per heavy atom. The molecular weight excluding hydrogens is 404 g/mol. The van der Waals surface area contributed by atoms with Crippen LogP contribution in [-0.2, 0) is 31.9 Å². The van der Waals surface area contributed by atoms with Gasteiger partial charge in [0.25, 0.3) is 0 Å². The number of rotatable bonds is 8. The maximum absolute atomic E-state index is 12.1. The van der Waals surface area contributed by atoms with Crippen LogP contribution in [0, 0.1) is 13.8 Å². The number of hydrogen-bond donors (Lipinski definition) is 2. The van der Waals surface area contributed by atoms with Crippen molar-refractivity contribution in [2.45, 2.75) is 26.7 Å². The molecular formula is C26H28N2O4. The molecule has 0 spiro atoms. The second kappa shape index (κ2) is 10.5. The molecule has 2 N–H and O–H groups in total. The van der Waals surface area contributed by atoms with Crippen LogP contribution in [0.5, 0.6) is 0 Å². The second-order valence-electron chi connectivity index (χ2n) is 7.65. The van der Waals surface area contributed by atoms with E-state index >= 15 is 0 Å². The van der Waals surface area contributed by atoms with Crippen molar-refractivity contribution in [3.8, 4) is 0 Å². The van der Waals surface area contributed by atoms with Gasteiger partial charge in [-0.05, 0) is 61.4 Å². The zero-order valence-electron chi connectivity index (χ0n) is 18.8. The average molecular weight is 433 g/mol. The lowest BCUT2D eigenvalue weighted by Gasteiger charge is -2.19. The molecule has 0 saturated carbocycles. The van der Waals surface area contributed by atoms with E-state index in [1.165, 1.54) is 14.2 Å². The Morgan fingerprint density at radius 3 is 1.31 bits per heavy atom. The SMILES string of the molecule is COC(=O)Cc1cc(Nc2ccc(C)cc2)c(CC(=O)OC)cc1Nc1ccc(C)cc1. The first-order valence-electron chi connectivity index (χ1n) is 10.3. The van der Waals surface area contributed by atoms with Crippen LogP contribution in [0.15, 0.2) is 60.7 Å². The van der Waals surface area contributed by atoms with Gasteiger partial charge in [-0.25, -0.2) is 0 Å². The van der Waals surface area contributed by atoms with Crippen molar-refractivity contribution in [2.75, 3.05) is 24.9 Å². The molecule has 0 aliphatic heterocycles. The Kier molecular flexibility index (Phi) is 7.49. The topological polar surface area (TPSA) is 76.7 Å². The van der Waals surface area contributed by atoms with Crippen LogP contribution in [0.2, 0.25) is 0 Å². The monoisotopic (exact) mass is 432 g/mol. The highest BCUT2D eigenvalue weighted by Gasteiger charge is 2.16. The lowest BCUT2D eigenvalue weighted by Crippen LogP contribution is -2.11. The van der Waals surface area contributed by atoms with Gasteiger partial charge in [-0.3, -0.25) is 9.59 Å². The van der Waals surface area contributed by atoms with Gasteiger partial charge in [-0.15, -0.1) is 0 Å². The van der Waals surface area contributed by atoms with Crippen LogP contribution in [0.25, 0.3) is 0 Å². The van der Waals surface area contributed by atoms with Gasteiger partial charge < -0.3 is 20.1 Å². The molecule has 0 bridgehead atoms. The Labute approximate surface area is 188 Å². The van der Waals surface area contributed by atoms with E-state index in [2.05, 4.69) is 10.6 Å². The van der Waals surface area contributed by atoms with Gasteiger partial charge in [0.15, 0.2) is 0 Å². The Hall–Kier alpha value is -3.80. The third-order valence-corrected chi connectivity index (χ3v) is 5.12. The van der Waals surface area contributed by atoms with E-state index in [4.69, 9.17) is 9.47 Å². The maximum atomic E-state index is 12.1. The van der Waals surface area contributed by atoms with E-state index in [9.17, 15) is 9.59 Å². The lowest BCUT2D eigenvalue weighted by molar-refractivity contribution is -0.140. The first-order valence-corrected chi connectivity index (χ1v) is 10.3. The summed E-state index contributed by atoms with van der Waals surface area (Å²) in [6.45, 7) is 4.04. The molecule has 0 radical (unpaired) electrons. The van der Waals surface area contributed by atoms with E-state index < -0.39 is 0 Å². The number of methoxy groups -OCH3 is 2. The molecule has 0 atom stereocenters. The molecule has 0 saturated heterocycles. The van der Waals surface area contributed by atoms with Crippen LogP contribution in [0.4, 0.5) is 22.7 Å². The minimum Gasteiger partial charge on any atom is -0.469 e. The third-order valence-electron chi connectivity index (χ3n) is 5.12.